The molecule has 1 fully saturated rings. The summed E-state index contributed by atoms with van der Waals surface area (Å²) in [6.07, 6.45) is 0. The first-order valence-corrected chi connectivity index (χ1v) is 6.52. The van der Waals surface area contributed by atoms with Crippen LogP contribution in [0.25, 0.3) is 0 Å². The van der Waals surface area contributed by atoms with Crippen LogP contribution in [0.4, 0.5) is 0 Å². The lowest BCUT2D eigenvalue weighted by molar-refractivity contribution is 0.114. The Bertz CT molecular complexity index is 378. The number of piperazine rings is 1. The molecule has 2 nitrogen and oxygen atoms in total. The van der Waals surface area contributed by atoms with E-state index in [2.05, 4.69) is 64.9 Å². The van der Waals surface area contributed by atoms with Gasteiger partial charge >= 0.3 is 0 Å². The molecule has 2 rings (SSSR count). The first-order valence-electron chi connectivity index (χ1n) is 5.73. The molecule has 1 unspecified atom stereocenters. The summed E-state index contributed by atoms with van der Waals surface area (Å²) in [5.74, 6) is 0. The predicted octanol–water partition coefficient (Wildman–Crippen LogP) is 2.68. The Hall–Kier alpha value is -0.380. The fourth-order valence-electron chi connectivity index (χ4n) is 2.32. The number of nitrogens with zero attached hydrogens (tertiary/aromatic N) is 2. The van der Waals surface area contributed by atoms with Crippen LogP contribution in [0.15, 0.2) is 22.7 Å². The van der Waals surface area contributed by atoms with Gasteiger partial charge in [0.25, 0.3) is 0 Å². The molecule has 1 heterocycles. The molecule has 1 aromatic rings. The van der Waals surface area contributed by atoms with Crippen molar-refractivity contribution in [3.63, 3.8) is 0 Å². The summed E-state index contributed by atoms with van der Waals surface area (Å²) in [7, 11) is 4.42. The zero-order chi connectivity index (χ0) is 11.7. The van der Waals surface area contributed by atoms with Crippen molar-refractivity contribution >= 4 is 15.9 Å². The summed E-state index contributed by atoms with van der Waals surface area (Å²) in [6, 6.07) is 7.10. The maximum Gasteiger partial charge on any atom is 0.0475 e. The minimum Gasteiger partial charge on any atom is -0.303 e. The van der Waals surface area contributed by atoms with Crippen LogP contribution in [0.2, 0.25) is 0 Å². The van der Waals surface area contributed by atoms with Gasteiger partial charge in [-0.1, -0.05) is 22.0 Å². The van der Waals surface area contributed by atoms with Crippen LogP contribution in [0, 0.1) is 6.92 Å². The van der Waals surface area contributed by atoms with Gasteiger partial charge in [-0.3, -0.25) is 4.90 Å². The van der Waals surface area contributed by atoms with E-state index in [1.54, 1.807) is 0 Å². The van der Waals surface area contributed by atoms with E-state index in [1.165, 1.54) is 22.1 Å². The average Bonchev–Trinajstić information content (AvgIpc) is 2.25. The summed E-state index contributed by atoms with van der Waals surface area (Å²) in [6.45, 7) is 5.63. The quantitative estimate of drug-likeness (QED) is 0.782. The molecule has 0 aliphatic carbocycles. The normalized spacial score (nSPS) is 23.6. The van der Waals surface area contributed by atoms with Crippen LogP contribution < -0.4 is 0 Å². The van der Waals surface area contributed by atoms with Gasteiger partial charge in [0.1, 0.15) is 0 Å². The van der Waals surface area contributed by atoms with E-state index < -0.39 is 0 Å². The molecule has 3 heteroatoms. The average molecular weight is 283 g/mol. The molecule has 0 bridgehead atoms. The summed E-state index contributed by atoms with van der Waals surface area (Å²) in [5.41, 5.74) is 2.83. The lowest BCUT2D eigenvalue weighted by Crippen LogP contribution is -2.44. The Labute approximate surface area is 106 Å². The molecule has 1 aromatic carbocycles. The first kappa shape index (κ1) is 12.1. The molecular formula is C13H19BrN2. The third kappa shape index (κ3) is 2.47. The molecule has 16 heavy (non-hydrogen) atoms. The zero-order valence-corrected chi connectivity index (χ0v) is 11.8. The van der Waals surface area contributed by atoms with E-state index in [4.69, 9.17) is 0 Å². The van der Waals surface area contributed by atoms with Crippen LogP contribution in [0.5, 0.6) is 0 Å². The standard InChI is InChI=1S/C13H19BrN2/c1-10-4-5-11(14)8-12(10)13-9-15(2)6-7-16(13)3/h4-5,8,13H,6-7,9H2,1-3H3. The van der Waals surface area contributed by atoms with Gasteiger partial charge < -0.3 is 4.90 Å². The van der Waals surface area contributed by atoms with Crippen molar-refractivity contribution in [3.8, 4) is 0 Å². The van der Waals surface area contributed by atoms with Gasteiger partial charge in [-0.2, -0.15) is 0 Å². The van der Waals surface area contributed by atoms with Gasteiger partial charge in [0.15, 0.2) is 0 Å². The molecule has 1 saturated heterocycles. The van der Waals surface area contributed by atoms with Crippen molar-refractivity contribution in [2.75, 3.05) is 33.7 Å². The Kier molecular flexibility index (Phi) is 3.67. The van der Waals surface area contributed by atoms with E-state index in [0.717, 1.165) is 13.1 Å². The zero-order valence-electron chi connectivity index (χ0n) is 10.2. The molecule has 0 amide bonds. The van der Waals surface area contributed by atoms with Crippen LogP contribution in [0.1, 0.15) is 17.2 Å². The fourth-order valence-corrected chi connectivity index (χ4v) is 2.70. The number of likely N-dealkylation sites (N-methyl/N-ethyl adjacent to an activating group) is 2. The lowest BCUT2D eigenvalue weighted by Gasteiger charge is -2.38. The third-order valence-corrected chi connectivity index (χ3v) is 3.94. The van der Waals surface area contributed by atoms with Gasteiger partial charge in [-0.15, -0.1) is 0 Å². The number of rotatable bonds is 1. The van der Waals surface area contributed by atoms with Crippen LogP contribution in [0.3, 0.4) is 0 Å². The molecule has 0 spiro atoms. The van der Waals surface area contributed by atoms with E-state index in [1.807, 2.05) is 0 Å². The van der Waals surface area contributed by atoms with E-state index in [9.17, 15) is 0 Å². The maximum absolute atomic E-state index is 3.57. The van der Waals surface area contributed by atoms with Crippen molar-refractivity contribution in [3.05, 3.63) is 33.8 Å². The van der Waals surface area contributed by atoms with E-state index >= 15 is 0 Å². The number of benzene rings is 1. The third-order valence-electron chi connectivity index (χ3n) is 3.45. The van der Waals surface area contributed by atoms with Crippen molar-refractivity contribution in [1.29, 1.82) is 0 Å². The van der Waals surface area contributed by atoms with Gasteiger partial charge in [-0.25, -0.2) is 0 Å². The Morgan fingerprint density at radius 3 is 2.75 bits per heavy atom. The number of aryl methyl sites for hydroxylation is 1. The summed E-state index contributed by atoms with van der Waals surface area (Å²) < 4.78 is 1.18. The topological polar surface area (TPSA) is 6.48 Å². The number of hydrogen-bond donors (Lipinski definition) is 0. The predicted molar refractivity (Wildman–Crippen MR) is 71.7 cm³/mol. The maximum atomic E-state index is 3.57. The van der Waals surface area contributed by atoms with E-state index in [0.29, 0.717) is 6.04 Å². The van der Waals surface area contributed by atoms with Crippen molar-refractivity contribution < 1.29 is 0 Å². The van der Waals surface area contributed by atoms with Crippen LogP contribution in [-0.2, 0) is 0 Å². The summed E-state index contributed by atoms with van der Waals surface area (Å²) in [5, 5.41) is 0. The second-order valence-corrected chi connectivity index (χ2v) is 5.68. The van der Waals surface area contributed by atoms with Crippen molar-refractivity contribution in [2.45, 2.75) is 13.0 Å². The second kappa shape index (κ2) is 4.86. The molecule has 0 saturated carbocycles. The highest BCUT2D eigenvalue weighted by atomic mass is 79.9. The SMILES string of the molecule is Cc1ccc(Br)cc1C1CN(C)CCN1C. The largest absolute Gasteiger partial charge is 0.303 e. The summed E-state index contributed by atoms with van der Waals surface area (Å²) in [4.78, 5) is 4.86. The minimum absolute atomic E-state index is 0.524. The smallest absolute Gasteiger partial charge is 0.0475 e. The van der Waals surface area contributed by atoms with Gasteiger partial charge in [0.2, 0.25) is 0 Å². The van der Waals surface area contributed by atoms with Crippen LogP contribution >= 0.6 is 15.9 Å². The Morgan fingerprint density at radius 2 is 2.00 bits per heavy atom. The highest BCUT2D eigenvalue weighted by molar-refractivity contribution is 9.10. The van der Waals surface area contributed by atoms with Gasteiger partial charge in [0, 0.05) is 30.1 Å². The number of halogens is 1. The number of hydrogen-bond acceptors (Lipinski definition) is 2. The van der Waals surface area contributed by atoms with Gasteiger partial charge in [0.05, 0.1) is 0 Å². The van der Waals surface area contributed by atoms with Crippen molar-refractivity contribution in [2.24, 2.45) is 0 Å². The molecular weight excluding hydrogens is 264 g/mol. The lowest BCUT2D eigenvalue weighted by atomic mass is 9.98. The molecule has 0 N–H and O–H groups in total. The van der Waals surface area contributed by atoms with Crippen molar-refractivity contribution in [1.82, 2.24) is 9.80 Å². The molecule has 1 aliphatic rings. The monoisotopic (exact) mass is 282 g/mol. The minimum atomic E-state index is 0.524. The van der Waals surface area contributed by atoms with Crippen LogP contribution in [-0.4, -0.2) is 43.5 Å². The molecule has 0 radical (unpaired) electrons. The molecule has 0 aromatic heterocycles. The fraction of sp³-hybridized carbons (Fsp3) is 0.538. The first-order chi connectivity index (χ1) is 7.58. The Balaban J connectivity index is 2.30. The molecule has 88 valence electrons. The molecule has 1 aliphatic heterocycles. The molecule has 1 atom stereocenters. The highest BCUT2D eigenvalue weighted by Crippen LogP contribution is 2.28. The van der Waals surface area contributed by atoms with Gasteiger partial charge in [-0.05, 0) is 44.3 Å². The second-order valence-electron chi connectivity index (χ2n) is 4.76. The highest BCUT2D eigenvalue weighted by Gasteiger charge is 2.24. The van der Waals surface area contributed by atoms with E-state index in [-0.39, 0.29) is 0 Å². The summed E-state index contributed by atoms with van der Waals surface area (Å²) >= 11 is 3.57. The Morgan fingerprint density at radius 1 is 1.25 bits per heavy atom.